The predicted octanol–water partition coefficient (Wildman–Crippen LogP) is 2.62. The first-order valence-electron chi connectivity index (χ1n) is 10.8. The normalized spacial score (nSPS) is 35.2. The third kappa shape index (κ3) is 3.00. The Labute approximate surface area is 170 Å². The summed E-state index contributed by atoms with van der Waals surface area (Å²) in [5, 5.41) is 19.9. The Balaban J connectivity index is 1.30. The van der Waals surface area contributed by atoms with Crippen LogP contribution in [0, 0.1) is 16.7 Å². The van der Waals surface area contributed by atoms with Gasteiger partial charge in [0.1, 0.15) is 0 Å². The molecule has 6 nitrogen and oxygen atoms in total. The summed E-state index contributed by atoms with van der Waals surface area (Å²) in [6.45, 7) is 2.91. The number of amides is 1. The van der Waals surface area contributed by atoms with Crippen molar-refractivity contribution in [1.29, 1.82) is 0 Å². The minimum absolute atomic E-state index is 0.0479. The number of fused-ring (bicyclic) bond motifs is 1. The van der Waals surface area contributed by atoms with Crippen molar-refractivity contribution in [3.63, 3.8) is 0 Å². The molecule has 6 heteroatoms. The van der Waals surface area contributed by atoms with E-state index in [0.717, 1.165) is 43.9 Å². The molecule has 154 valence electrons. The SMILES string of the molecule is CCC12CC3CC(O)(C1)CC(C(=O)NCCn1ncc4ccccc4c1=O)(C3)C2. The summed E-state index contributed by atoms with van der Waals surface area (Å²) in [5.74, 6) is 0.499. The van der Waals surface area contributed by atoms with Gasteiger partial charge in [-0.05, 0) is 55.9 Å². The maximum Gasteiger partial charge on any atom is 0.274 e. The van der Waals surface area contributed by atoms with E-state index in [1.54, 1.807) is 12.3 Å². The van der Waals surface area contributed by atoms with Crippen molar-refractivity contribution >= 4 is 16.7 Å². The Morgan fingerprint density at radius 2 is 2.07 bits per heavy atom. The molecule has 0 radical (unpaired) electrons. The molecule has 1 heterocycles. The fourth-order valence-corrected chi connectivity index (χ4v) is 6.98. The molecule has 4 fully saturated rings. The first kappa shape index (κ1) is 18.8. The summed E-state index contributed by atoms with van der Waals surface area (Å²) in [7, 11) is 0. The van der Waals surface area contributed by atoms with Crippen LogP contribution < -0.4 is 10.9 Å². The van der Waals surface area contributed by atoms with Gasteiger partial charge in [0.05, 0.1) is 29.1 Å². The Morgan fingerprint density at radius 3 is 2.86 bits per heavy atom. The summed E-state index contributed by atoms with van der Waals surface area (Å²) in [4.78, 5) is 25.9. The van der Waals surface area contributed by atoms with Crippen LogP contribution in [-0.2, 0) is 11.3 Å². The first-order valence-corrected chi connectivity index (χ1v) is 10.8. The average molecular weight is 396 g/mol. The van der Waals surface area contributed by atoms with Gasteiger partial charge >= 0.3 is 0 Å². The van der Waals surface area contributed by atoms with E-state index in [1.807, 2.05) is 18.2 Å². The van der Waals surface area contributed by atoms with Gasteiger partial charge in [-0.25, -0.2) is 4.68 Å². The van der Waals surface area contributed by atoms with Crippen LogP contribution in [0.5, 0.6) is 0 Å². The van der Waals surface area contributed by atoms with E-state index < -0.39 is 11.0 Å². The van der Waals surface area contributed by atoms with Crippen molar-refractivity contribution in [2.24, 2.45) is 16.7 Å². The quantitative estimate of drug-likeness (QED) is 0.815. The van der Waals surface area contributed by atoms with Gasteiger partial charge in [-0.3, -0.25) is 9.59 Å². The highest BCUT2D eigenvalue weighted by Crippen LogP contribution is 2.67. The van der Waals surface area contributed by atoms with Crippen molar-refractivity contribution < 1.29 is 9.90 Å². The van der Waals surface area contributed by atoms with E-state index >= 15 is 0 Å². The van der Waals surface area contributed by atoms with Crippen LogP contribution in [-0.4, -0.2) is 32.9 Å². The van der Waals surface area contributed by atoms with Crippen molar-refractivity contribution in [2.75, 3.05) is 6.54 Å². The summed E-state index contributed by atoms with van der Waals surface area (Å²) in [5.41, 5.74) is -1.15. The number of benzene rings is 1. The number of hydrogen-bond donors (Lipinski definition) is 2. The van der Waals surface area contributed by atoms with Gasteiger partial charge in [0, 0.05) is 11.9 Å². The highest BCUT2D eigenvalue weighted by atomic mass is 16.3. The summed E-state index contributed by atoms with van der Waals surface area (Å²) < 4.78 is 1.42. The lowest BCUT2D eigenvalue weighted by Gasteiger charge is -2.64. The smallest absolute Gasteiger partial charge is 0.274 e. The molecule has 0 saturated heterocycles. The van der Waals surface area contributed by atoms with Crippen molar-refractivity contribution in [1.82, 2.24) is 15.1 Å². The standard InChI is InChI=1S/C23H29N3O3/c1-2-21-9-16-10-22(13-21,15-23(29,11-16)14-21)20(28)24-7-8-26-19(27)18-6-4-3-5-17(18)12-25-26/h3-6,12,16,29H,2,7-11,13-15H2,1H3,(H,24,28). The van der Waals surface area contributed by atoms with Crippen LogP contribution in [0.1, 0.15) is 51.9 Å². The maximum atomic E-state index is 13.3. The van der Waals surface area contributed by atoms with Gasteiger partial charge in [-0.15, -0.1) is 0 Å². The van der Waals surface area contributed by atoms with Crippen molar-refractivity contribution in [3.8, 4) is 0 Å². The lowest BCUT2D eigenvalue weighted by molar-refractivity contribution is -0.204. The minimum atomic E-state index is -0.677. The molecular weight excluding hydrogens is 366 g/mol. The fraction of sp³-hybridized carbons (Fsp3) is 0.609. The maximum absolute atomic E-state index is 13.3. The Morgan fingerprint density at radius 1 is 1.24 bits per heavy atom. The lowest BCUT2D eigenvalue weighted by atomic mass is 9.42. The molecule has 4 aliphatic rings. The third-order valence-corrected chi connectivity index (χ3v) is 7.76. The van der Waals surface area contributed by atoms with Gasteiger partial charge < -0.3 is 10.4 Å². The zero-order valence-corrected chi connectivity index (χ0v) is 17.0. The van der Waals surface area contributed by atoms with Gasteiger partial charge in [0.15, 0.2) is 0 Å². The fourth-order valence-electron chi connectivity index (χ4n) is 6.98. The van der Waals surface area contributed by atoms with Gasteiger partial charge in [-0.1, -0.05) is 31.5 Å². The molecule has 4 unspecified atom stereocenters. The summed E-state index contributed by atoms with van der Waals surface area (Å²) >= 11 is 0. The first-order chi connectivity index (χ1) is 13.9. The molecule has 4 aliphatic carbocycles. The number of carbonyl (C=O) groups excluding carboxylic acids is 1. The number of carbonyl (C=O) groups is 1. The van der Waals surface area contributed by atoms with Crippen LogP contribution in [0.2, 0.25) is 0 Å². The zero-order valence-electron chi connectivity index (χ0n) is 17.0. The highest BCUT2D eigenvalue weighted by molar-refractivity contribution is 5.83. The molecule has 4 saturated carbocycles. The lowest BCUT2D eigenvalue weighted by Crippen LogP contribution is -2.63. The van der Waals surface area contributed by atoms with Crippen molar-refractivity contribution in [3.05, 3.63) is 40.8 Å². The van der Waals surface area contributed by atoms with Crippen LogP contribution in [0.25, 0.3) is 10.8 Å². The molecular formula is C23H29N3O3. The number of aromatic nitrogens is 2. The largest absolute Gasteiger partial charge is 0.390 e. The average Bonchev–Trinajstić information content (AvgIpc) is 2.68. The van der Waals surface area contributed by atoms with Gasteiger partial charge in [0.25, 0.3) is 5.56 Å². The van der Waals surface area contributed by atoms with E-state index in [0.29, 0.717) is 30.8 Å². The highest BCUT2D eigenvalue weighted by Gasteiger charge is 2.64. The second-order valence-electron chi connectivity index (χ2n) is 9.88. The molecule has 2 aromatic rings. The topological polar surface area (TPSA) is 84.2 Å². The molecule has 0 spiro atoms. The Bertz CT molecular complexity index is 1030. The number of nitrogens with one attached hydrogen (secondary N) is 1. The Hall–Kier alpha value is -2.21. The number of hydrogen-bond acceptors (Lipinski definition) is 4. The Kier molecular flexibility index (Phi) is 4.14. The summed E-state index contributed by atoms with van der Waals surface area (Å²) in [6.07, 6.45) is 7.91. The minimum Gasteiger partial charge on any atom is -0.390 e. The number of rotatable bonds is 5. The molecule has 4 bridgehead atoms. The molecule has 1 aromatic heterocycles. The predicted molar refractivity (Wildman–Crippen MR) is 110 cm³/mol. The molecule has 1 amide bonds. The number of nitrogens with zero attached hydrogens (tertiary/aromatic N) is 2. The molecule has 1 aromatic carbocycles. The van der Waals surface area contributed by atoms with Crippen LogP contribution in [0.15, 0.2) is 35.3 Å². The van der Waals surface area contributed by atoms with Gasteiger partial charge in [-0.2, -0.15) is 5.10 Å². The molecule has 4 atom stereocenters. The molecule has 29 heavy (non-hydrogen) atoms. The zero-order chi connectivity index (χ0) is 20.3. The molecule has 0 aliphatic heterocycles. The molecule has 6 rings (SSSR count). The van der Waals surface area contributed by atoms with Crippen molar-refractivity contribution in [2.45, 2.75) is 64.0 Å². The van der Waals surface area contributed by atoms with Crippen LogP contribution in [0.3, 0.4) is 0 Å². The number of aliphatic hydroxyl groups is 1. The van der Waals surface area contributed by atoms with Crippen LogP contribution >= 0.6 is 0 Å². The van der Waals surface area contributed by atoms with Gasteiger partial charge in [0.2, 0.25) is 5.91 Å². The van der Waals surface area contributed by atoms with E-state index in [2.05, 4.69) is 17.3 Å². The second-order valence-corrected chi connectivity index (χ2v) is 9.88. The summed E-state index contributed by atoms with van der Waals surface area (Å²) in [6, 6.07) is 7.40. The van der Waals surface area contributed by atoms with Crippen LogP contribution in [0.4, 0.5) is 0 Å². The van der Waals surface area contributed by atoms with E-state index in [4.69, 9.17) is 0 Å². The van der Waals surface area contributed by atoms with E-state index in [1.165, 1.54) is 4.68 Å². The monoisotopic (exact) mass is 395 g/mol. The van der Waals surface area contributed by atoms with E-state index in [9.17, 15) is 14.7 Å². The second kappa shape index (κ2) is 6.39. The van der Waals surface area contributed by atoms with E-state index in [-0.39, 0.29) is 16.9 Å². The molecule has 2 N–H and O–H groups in total. The third-order valence-electron chi connectivity index (χ3n) is 7.76.